The minimum Gasteiger partial charge on any atom is -0.338 e. The van der Waals surface area contributed by atoms with Gasteiger partial charge in [-0.05, 0) is 29.9 Å². The summed E-state index contributed by atoms with van der Waals surface area (Å²) in [6.07, 6.45) is -4.21. The number of hydrogen-bond acceptors (Lipinski definition) is 2. The summed E-state index contributed by atoms with van der Waals surface area (Å²) >= 11 is 4.10. The number of alkyl halides is 3. The molecular formula is C13H13F4NOS. The first kappa shape index (κ1) is 15.2. The Kier molecular flexibility index (Phi) is 4.27. The van der Waals surface area contributed by atoms with Crippen molar-refractivity contribution in [3.63, 3.8) is 0 Å². The standard InChI is InChI=1S/C13H13F4NOS/c14-11-2-1-10(13(15,16)17)4-9(11)6-18-5-8(7-20)3-12(18)19/h1-2,4,8,20H,3,5-7H2. The van der Waals surface area contributed by atoms with Gasteiger partial charge in [0.25, 0.3) is 0 Å². The van der Waals surface area contributed by atoms with Crippen LogP contribution in [0.3, 0.4) is 0 Å². The first-order valence-electron chi connectivity index (χ1n) is 6.05. The van der Waals surface area contributed by atoms with Crippen molar-refractivity contribution in [3.8, 4) is 0 Å². The predicted octanol–water partition coefficient (Wildman–Crippen LogP) is 3.12. The topological polar surface area (TPSA) is 20.3 Å². The lowest BCUT2D eigenvalue weighted by molar-refractivity contribution is -0.137. The molecule has 0 aromatic heterocycles. The Balaban J connectivity index is 2.19. The van der Waals surface area contributed by atoms with E-state index < -0.39 is 17.6 Å². The molecule has 1 aromatic rings. The summed E-state index contributed by atoms with van der Waals surface area (Å²) < 4.78 is 51.4. The zero-order valence-corrected chi connectivity index (χ0v) is 11.3. The summed E-state index contributed by atoms with van der Waals surface area (Å²) in [4.78, 5) is 13.1. The highest BCUT2D eigenvalue weighted by Gasteiger charge is 2.33. The molecule has 2 nitrogen and oxygen atoms in total. The van der Waals surface area contributed by atoms with Crippen LogP contribution in [-0.4, -0.2) is 23.1 Å². The third-order valence-electron chi connectivity index (χ3n) is 3.29. The van der Waals surface area contributed by atoms with Crippen LogP contribution >= 0.6 is 12.6 Å². The van der Waals surface area contributed by atoms with Crippen LogP contribution in [-0.2, 0) is 17.5 Å². The van der Waals surface area contributed by atoms with Crippen LogP contribution in [0.5, 0.6) is 0 Å². The second-order valence-electron chi connectivity index (χ2n) is 4.83. The first-order valence-corrected chi connectivity index (χ1v) is 6.68. The van der Waals surface area contributed by atoms with E-state index in [0.29, 0.717) is 24.8 Å². The number of amides is 1. The minimum atomic E-state index is -4.52. The average molecular weight is 307 g/mol. The maximum Gasteiger partial charge on any atom is 0.416 e. The number of benzene rings is 1. The third kappa shape index (κ3) is 3.26. The van der Waals surface area contributed by atoms with Crippen molar-refractivity contribution in [1.82, 2.24) is 4.90 Å². The molecule has 1 aliphatic rings. The van der Waals surface area contributed by atoms with E-state index in [9.17, 15) is 22.4 Å². The highest BCUT2D eigenvalue weighted by atomic mass is 32.1. The van der Waals surface area contributed by atoms with E-state index in [0.717, 1.165) is 12.1 Å². The molecule has 0 saturated carbocycles. The Hall–Kier alpha value is -1.24. The van der Waals surface area contributed by atoms with Crippen molar-refractivity contribution in [2.45, 2.75) is 19.1 Å². The van der Waals surface area contributed by atoms with E-state index in [2.05, 4.69) is 12.6 Å². The monoisotopic (exact) mass is 307 g/mol. The van der Waals surface area contributed by atoms with E-state index in [-0.39, 0.29) is 23.9 Å². The summed E-state index contributed by atoms with van der Waals surface area (Å²) in [6.45, 7) is 0.261. The second kappa shape index (κ2) is 5.63. The summed E-state index contributed by atoms with van der Waals surface area (Å²) in [5.74, 6) is -0.325. The van der Waals surface area contributed by atoms with Crippen molar-refractivity contribution in [2.75, 3.05) is 12.3 Å². The fourth-order valence-corrected chi connectivity index (χ4v) is 2.45. The lowest BCUT2D eigenvalue weighted by Crippen LogP contribution is -2.25. The fraction of sp³-hybridized carbons (Fsp3) is 0.462. The molecule has 1 fully saturated rings. The van der Waals surface area contributed by atoms with Crippen molar-refractivity contribution in [1.29, 1.82) is 0 Å². The average Bonchev–Trinajstić information content (AvgIpc) is 2.71. The van der Waals surface area contributed by atoms with Crippen LogP contribution in [0.1, 0.15) is 17.5 Å². The highest BCUT2D eigenvalue weighted by Crippen LogP contribution is 2.31. The Morgan fingerprint density at radius 3 is 2.60 bits per heavy atom. The lowest BCUT2D eigenvalue weighted by Gasteiger charge is -2.18. The van der Waals surface area contributed by atoms with E-state index >= 15 is 0 Å². The van der Waals surface area contributed by atoms with E-state index in [1.54, 1.807) is 0 Å². The third-order valence-corrected chi connectivity index (χ3v) is 3.80. The largest absolute Gasteiger partial charge is 0.416 e. The molecule has 0 N–H and O–H groups in total. The van der Waals surface area contributed by atoms with Crippen molar-refractivity contribution >= 4 is 18.5 Å². The van der Waals surface area contributed by atoms with Gasteiger partial charge in [-0.2, -0.15) is 25.8 Å². The molecular weight excluding hydrogens is 294 g/mol. The Bertz CT molecular complexity index is 518. The zero-order valence-electron chi connectivity index (χ0n) is 10.5. The normalized spacial score (nSPS) is 19.8. The van der Waals surface area contributed by atoms with Gasteiger partial charge in [-0.1, -0.05) is 0 Å². The van der Waals surface area contributed by atoms with Gasteiger partial charge in [0.15, 0.2) is 0 Å². The number of thiol groups is 1. The molecule has 7 heteroatoms. The number of hydrogen-bond donors (Lipinski definition) is 1. The van der Waals surface area contributed by atoms with Crippen LogP contribution < -0.4 is 0 Å². The van der Waals surface area contributed by atoms with Crippen LogP contribution in [0, 0.1) is 11.7 Å². The van der Waals surface area contributed by atoms with Gasteiger partial charge in [-0.3, -0.25) is 4.79 Å². The molecule has 0 spiro atoms. The zero-order chi connectivity index (χ0) is 14.9. The molecule has 2 rings (SSSR count). The Labute approximate surface area is 119 Å². The fourth-order valence-electron chi connectivity index (χ4n) is 2.21. The maximum atomic E-state index is 13.6. The summed E-state index contributed by atoms with van der Waals surface area (Å²) in [5.41, 5.74) is -1.03. The number of rotatable bonds is 3. The number of carbonyl (C=O) groups is 1. The highest BCUT2D eigenvalue weighted by molar-refractivity contribution is 7.80. The molecule has 1 unspecified atom stereocenters. The van der Waals surface area contributed by atoms with E-state index in [4.69, 9.17) is 0 Å². The van der Waals surface area contributed by atoms with Crippen molar-refractivity contribution in [2.24, 2.45) is 5.92 Å². The SMILES string of the molecule is O=C1CC(CS)CN1Cc1cc(C(F)(F)F)ccc1F. The summed E-state index contributed by atoms with van der Waals surface area (Å²) in [7, 11) is 0. The van der Waals surface area contributed by atoms with Crippen LogP contribution in [0.2, 0.25) is 0 Å². The molecule has 110 valence electrons. The van der Waals surface area contributed by atoms with Gasteiger partial charge in [0, 0.05) is 25.1 Å². The van der Waals surface area contributed by atoms with Gasteiger partial charge < -0.3 is 4.90 Å². The molecule has 1 atom stereocenters. The lowest BCUT2D eigenvalue weighted by atomic mass is 10.1. The number of nitrogens with zero attached hydrogens (tertiary/aromatic N) is 1. The molecule has 1 aromatic carbocycles. The maximum absolute atomic E-state index is 13.6. The van der Waals surface area contributed by atoms with Crippen molar-refractivity contribution in [3.05, 3.63) is 35.1 Å². The first-order chi connectivity index (χ1) is 9.31. The summed E-state index contributed by atoms with van der Waals surface area (Å²) in [5, 5.41) is 0. The van der Waals surface area contributed by atoms with Gasteiger partial charge in [0.2, 0.25) is 5.91 Å². The molecule has 0 aliphatic carbocycles. The van der Waals surface area contributed by atoms with Gasteiger partial charge in [-0.15, -0.1) is 0 Å². The molecule has 1 saturated heterocycles. The second-order valence-corrected chi connectivity index (χ2v) is 5.20. The van der Waals surface area contributed by atoms with Gasteiger partial charge in [0.1, 0.15) is 5.82 Å². The van der Waals surface area contributed by atoms with Crippen LogP contribution in [0.4, 0.5) is 17.6 Å². The molecule has 0 bridgehead atoms. The number of halogens is 4. The molecule has 1 aliphatic heterocycles. The predicted molar refractivity (Wildman–Crippen MR) is 68.8 cm³/mol. The molecule has 0 radical (unpaired) electrons. The smallest absolute Gasteiger partial charge is 0.338 e. The number of likely N-dealkylation sites (tertiary alicyclic amines) is 1. The molecule has 1 heterocycles. The number of carbonyl (C=O) groups excluding carboxylic acids is 1. The van der Waals surface area contributed by atoms with Gasteiger partial charge in [0.05, 0.1) is 5.56 Å². The van der Waals surface area contributed by atoms with Crippen LogP contribution in [0.15, 0.2) is 18.2 Å². The summed E-state index contributed by atoms with van der Waals surface area (Å²) in [6, 6.07) is 2.24. The molecule has 1 amide bonds. The van der Waals surface area contributed by atoms with E-state index in [1.165, 1.54) is 4.90 Å². The molecule has 20 heavy (non-hydrogen) atoms. The minimum absolute atomic E-state index is 0.0692. The van der Waals surface area contributed by atoms with E-state index in [1.807, 2.05) is 0 Å². The Morgan fingerprint density at radius 2 is 2.05 bits per heavy atom. The van der Waals surface area contributed by atoms with Crippen molar-refractivity contribution < 1.29 is 22.4 Å². The Morgan fingerprint density at radius 1 is 1.35 bits per heavy atom. The van der Waals surface area contributed by atoms with Gasteiger partial charge >= 0.3 is 6.18 Å². The van der Waals surface area contributed by atoms with Gasteiger partial charge in [-0.25, -0.2) is 4.39 Å². The quantitative estimate of drug-likeness (QED) is 0.672. The van der Waals surface area contributed by atoms with Crippen LogP contribution in [0.25, 0.3) is 0 Å².